The summed E-state index contributed by atoms with van der Waals surface area (Å²) in [5, 5.41) is 0. The van der Waals surface area contributed by atoms with E-state index >= 15 is 0 Å². The van der Waals surface area contributed by atoms with Crippen LogP contribution in [0.5, 0.6) is 0 Å². The van der Waals surface area contributed by atoms with E-state index in [-0.39, 0.29) is 0 Å². The molecule has 1 rings (SSSR count). The van der Waals surface area contributed by atoms with Gasteiger partial charge in [-0.05, 0) is 6.92 Å². The molecule has 0 saturated carbocycles. The fourth-order valence-electron chi connectivity index (χ4n) is 2.08. The van der Waals surface area contributed by atoms with Crippen LogP contribution in [0.3, 0.4) is 0 Å². The Bertz CT molecular complexity index is 454. The van der Waals surface area contributed by atoms with Crippen LogP contribution in [0.25, 0.3) is 0 Å². The van der Waals surface area contributed by atoms with Gasteiger partial charge in [0, 0.05) is 20.8 Å². The molecule has 0 aliphatic carbocycles. The van der Waals surface area contributed by atoms with Crippen LogP contribution in [0.1, 0.15) is 27.7 Å². The molecule has 126 valence electrons. The molecule has 0 N–H and O–H groups in total. The molecule has 1 aliphatic heterocycles. The lowest BCUT2D eigenvalue weighted by Gasteiger charge is -2.44. The summed E-state index contributed by atoms with van der Waals surface area (Å²) in [5.41, 5.74) is 0. The first-order valence-corrected chi connectivity index (χ1v) is 8.07. The number of esters is 3. The normalized spacial score (nSPS) is 34.6. The van der Waals surface area contributed by atoms with Crippen molar-refractivity contribution in [1.29, 1.82) is 0 Å². The third-order valence-electron chi connectivity index (χ3n) is 2.84. The Balaban J connectivity index is 3.22. The number of hydrogen-bond donors (Lipinski definition) is 0. The molecule has 0 aromatic heterocycles. The molecule has 1 saturated heterocycles. The van der Waals surface area contributed by atoms with E-state index in [0.717, 1.165) is 27.9 Å². The van der Waals surface area contributed by atoms with E-state index in [1.54, 1.807) is 0 Å². The van der Waals surface area contributed by atoms with Gasteiger partial charge in [0.05, 0.1) is 7.11 Å². The smallest absolute Gasteiger partial charge is 0.306 e. The highest BCUT2D eigenvalue weighted by Crippen LogP contribution is 2.62. The number of carbonyl (C=O) groups is 3. The summed E-state index contributed by atoms with van der Waals surface area (Å²) >= 11 is 0. The lowest BCUT2D eigenvalue weighted by molar-refractivity contribution is -0.260. The molecule has 9 nitrogen and oxygen atoms in total. The maximum Gasteiger partial charge on any atom is 0.306 e. The van der Waals surface area contributed by atoms with Crippen molar-refractivity contribution in [2.24, 2.45) is 0 Å². The summed E-state index contributed by atoms with van der Waals surface area (Å²) < 4.78 is 25.2. The van der Waals surface area contributed by atoms with E-state index in [2.05, 4.69) is 0 Å². The van der Waals surface area contributed by atoms with Gasteiger partial charge in [0.2, 0.25) is 6.10 Å². The van der Waals surface area contributed by atoms with Gasteiger partial charge in [-0.25, -0.2) is 4.52 Å². The van der Waals surface area contributed by atoms with Gasteiger partial charge in [0.1, 0.15) is 6.10 Å². The van der Waals surface area contributed by atoms with Crippen molar-refractivity contribution >= 4 is 25.9 Å². The molecular weight excluding hydrogens is 319 g/mol. The van der Waals surface area contributed by atoms with E-state index in [9.17, 15) is 19.3 Å². The number of hydrogen-bond acceptors (Lipinski definition) is 9. The second-order valence-electron chi connectivity index (χ2n) is 4.68. The van der Waals surface area contributed by atoms with Crippen molar-refractivity contribution in [3.05, 3.63) is 0 Å². The van der Waals surface area contributed by atoms with Crippen molar-refractivity contribution in [1.82, 2.24) is 0 Å². The molecule has 1 heterocycles. The van der Waals surface area contributed by atoms with Gasteiger partial charge in [-0.1, -0.05) is 0 Å². The van der Waals surface area contributed by atoms with Gasteiger partial charge < -0.3 is 19.1 Å². The third kappa shape index (κ3) is 4.36. The topological polar surface area (TPSA) is 120 Å². The summed E-state index contributed by atoms with van der Waals surface area (Å²) in [4.78, 5) is 46.4. The Kier molecular flexibility index (Phi) is 6.25. The van der Waals surface area contributed by atoms with Gasteiger partial charge in [0.25, 0.3) is 13.8 Å². The maximum atomic E-state index is 12.6. The minimum absolute atomic E-state index is 0.659. The predicted octanol–water partition coefficient (Wildman–Crippen LogP) is -0.0730. The molecule has 1 fully saturated rings. The second-order valence-corrected chi connectivity index (χ2v) is 6.85. The monoisotopic (exact) mass is 338 g/mol. The van der Waals surface area contributed by atoms with E-state index in [4.69, 9.17) is 23.3 Å². The van der Waals surface area contributed by atoms with Crippen molar-refractivity contribution in [3.8, 4) is 0 Å². The molecule has 1 aliphatic rings. The Labute approximate surface area is 128 Å². The average Bonchev–Trinajstić information content (AvgIpc) is 2.37. The van der Waals surface area contributed by atoms with Gasteiger partial charge in [-0.3, -0.25) is 14.4 Å². The summed E-state index contributed by atoms with van der Waals surface area (Å²) in [7, 11) is -2.81. The first kappa shape index (κ1) is 18.8. The minimum atomic E-state index is -3.92. The number of rotatable bonds is 4. The molecule has 22 heavy (non-hydrogen) atoms. The Hall–Kier alpha value is -1.28. The quantitative estimate of drug-likeness (QED) is 0.394. The minimum Gasteiger partial charge on any atom is -0.628 e. The van der Waals surface area contributed by atoms with Crippen LogP contribution in [0.4, 0.5) is 0 Å². The highest BCUT2D eigenvalue weighted by molar-refractivity contribution is 7.59. The fourth-order valence-corrected chi connectivity index (χ4v) is 3.95. The maximum absolute atomic E-state index is 12.6. The Morgan fingerprint density at radius 2 is 1.41 bits per heavy atom. The number of carbonyl (C=O) groups excluding carboxylic acids is 3. The second kappa shape index (κ2) is 7.32. The van der Waals surface area contributed by atoms with Crippen molar-refractivity contribution in [2.75, 3.05) is 7.11 Å². The Morgan fingerprint density at radius 1 is 0.955 bits per heavy atom. The lowest BCUT2D eigenvalue weighted by atomic mass is 10.1. The van der Waals surface area contributed by atoms with Gasteiger partial charge in [-0.15, -0.1) is 0 Å². The molecule has 5 atom stereocenters. The van der Waals surface area contributed by atoms with Crippen LogP contribution >= 0.6 is 7.94 Å². The summed E-state index contributed by atoms with van der Waals surface area (Å²) in [6, 6.07) is 0. The SMILES string of the molecule is CO[P+]1([O-])O[C@@H](C)[C@H](OC(C)=O)[C@@H](OC(C)=O)[C@H]1OC(C)=O. The molecule has 0 aromatic rings. The largest absolute Gasteiger partial charge is 0.628 e. The fraction of sp³-hybridized carbons (Fsp3) is 0.750. The predicted molar refractivity (Wildman–Crippen MR) is 71.1 cm³/mol. The van der Waals surface area contributed by atoms with Crippen molar-refractivity contribution in [2.45, 2.75) is 51.9 Å². The lowest BCUT2D eigenvalue weighted by Crippen LogP contribution is -2.57. The summed E-state index contributed by atoms with van der Waals surface area (Å²) in [6.45, 7) is 4.83. The standard InChI is InChI=1S/C12H19O9P/c1-6-10(18-7(2)13)11(19-8(3)14)12(20-9(4)15)22(16,17-5)21-6/h6,10-12H,1-5H3/t6-,10-,11+,12-,22?/m0/s1. The van der Waals surface area contributed by atoms with Crippen molar-refractivity contribution < 1.29 is 42.5 Å². The third-order valence-corrected chi connectivity index (χ3v) is 5.00. The zero-order chi connectivity index (χ0) is 17.1. The molecule has 10 heteroatoms. The van der Waals surface area contributed by atoms with Crippen molar-refractivity contribution in [3.63, 3.8) is 0 Å². The number of ether oxygens (including phenoxy) is 3. The highest BCUT2D eigenvalue weighted by atomic mass is 31.2. The highest BCUT2D eigenvalue weighted by Gasteiger charge is 2.61. The molecule has 0 spiro atoms. The van der Waals surface area contributed by atoms with Gasteiger partial charge >= 0.3 is 17.9 Å². The van der Waals surface area contributed by atoms with Crippen LogP contribution in [0, 0.1) is 0 Å². The molecule has 0 aromatic carbocycles. The zero-order valence-electron chi connectivity index (χ0n) is 12.9. The molecule has 0 amide bonds. The summed E-state index contributed by atoms with van der Waals surface area (Å²) in [5.74, 6) is -3.69. The van der Waals surface area contributed by atoms with Crippen LogP contribution in [0.15, 0.2) is 0 Å². The molecule has 1 unspecified atom stereocenters. The van der Waals surface area contributed by atoms with Crippen LogP contribution in [0.2, 0.25) is 0 Å². The van der Waals surface area contributed by atoms with Crippen LogP contribution in [-0.2, 0) is 37.6 Å². The summed E-state index contributed by atoms with van der Waals surface area (Å²) in [6.07, 6.45) is -3.30. The van der Waals surface area contributed by atoms with E-state index in [1.165, 1.54) is 6.92 Å². The van der Waals surface area contributed by atoms with Crippen LogP contribution < -0.4 is 4.89 Å². The Morgan fingerprint density at radius 3 is 1.82 bits per heavy atom. The molecular formula is C12H19O9P. The van der Waals surface area contributed by atoms with Crippen LogP contribution in [-0.4, -0.2) is 49.2 Å². The average molecular weight is 338 g/mol. The zero-order valence-corrected chi connectivity index (χ0v) is 13.8. The van der Waals surface area contributed by atoms with E-state index in [0.29, 0.717) is 0 Å². The van der Waals surface area contributed by atoms with Gasteiger partial charge in [-0.2, -0.15) is 4.52 Å². The first-order chi connectivity index (χ1) is 10.1. The van der Waals surface area contributed by atoms with Gasteiger partial charge in [0.15, 0.2) is 6.10 Å². The van der Waals surface area contributed by atoms with E-state index < -0.39 is 50.0 Å². The molecule has 0 bridgehead atoms. The van der Waals surface area contributed by atoms with E-state index in [1.807, 2.05) is 0 Å². The molecule has 0 radical (unpaired) electrons. The first-order valence-electron chi connectivity index (χ1n) is 6.46.